The average molecular weight is 428 g/mol. The maximum Gasteiger partial charge on any atom is 0.313 e. The highest BCUT2D eigenvalue weighted by molar-refractivity contribution is 7.15. The minimum atomic E-state index is -0.667. The smallest absolute Gasteiger partial charge is 0.313 e. The third-order valence-electron chi connectivity index (χ3n) is 4.46. The Morgan fingerprint density at radius 1 is 1.03 bits per heavy atom. The van der Waals surface area contributed by atoms with Crippen molar-refractivity contribution >= 4 is 40.4 Å². The molecule has 0 bridgehead atoms. The Labute approximate surface area is 179 Å². The first-order valence-corrected chi connectivity index (χ1v) is 10.4. The Bertz CT molecular complexity index is 1040. The van der Waals surface area contributed by atoms with Crippen molar-refractivity contribution in [3.05, 3.63) is 69.2 Å². The third-order valence-corrected chi connectivity index (χ3v) is 5.98. The van der Waals surface area contributed by atoms with E-state index < -0.39 is 11.8 Å². The van der Waals surface area contributed by atoms with Gasteiger partial charge in [-0.3, -0.25) is 9.59 Å². The molecule has 2 amide bonds. The van der Waals surface area contributed by atoms with Crippen molar-refractivity contribution in [1.29, 1.82) is 0 Å². The molecular formula is C22H22ClN3O2S. The van der Waals surface area contributed by atoms with Crippen LogP contribution in [0.25, 0.3) is 10.6 Å². The van der Waals surface area contributed by atoms with Gasteiger partial charge in [0.1, 0.15) is 5.01 Å². The van der Waals surface area contributed by atoms with E-state index in [4.69, 9.17) is 11.6 Å². The summed E-state index contributed by atoms with van der Waals surface area (Å²) in [6.07, 6.45) is 0.611. The third kappa shape index (κ3) is 5.43. The second-order valence-corrected chi connectivity index (χ2v) is 8.33. The SMILES string of the molecule is Cc1ccc(NC(=O)C(=O)NCCc2sc(-c3ccc(Cl)cc3)nc2C)c(C)c1. The first-order valence-electron chi connectivity index (χ1n) is 9.22. The highest BCUT2D eigenvalue weighted by Gasteiger charge is 2.15. The van der Waals surface area contributed by atoms with Crippen molar-refractivity contribution in [2.45, 2.75) is 27.2 Å². The number of hydrogen-bond acceptors (Lipinski definition) is 4. The van der Waals surface area contributed by atoms with Crippen LogP contribution >= 0.6 is 22.9 Å². The van der Waals surface area contributed by atoms with Crippen molar-refractivity contribution in [3.63, 3.8) is 0 Å². The Morgan fingerprint density at radius 2 is 1.76 bits per heavy atom. The van der Waals surface area contributed by atoms with Crippen molar-refractivity contribution in [2.24, 2.45) is 0 Å². The summed E-state index contributed by atoms with van der Waals surface area (Å²) in [6.45, 7) is 6.18. The first kappa shape index (κ1) is 21.0. The minimum absolute atomic E-state index is 0.363. The van der Waals surface area contributed by atoms with Crippen LogP contribution < -0.4 is 10.6 Å². The number of anilines is 1. The van der Waals surface area contributed by atoms with Crippen molar-refractivity contribution in [3.8, 4) is 10.6 Å². The summed E-state index contributed by atoms with van der Waals surface area (Å²) >= 11 is 7.51. The lowest BCUT2D eigenvalue weighted by atomic mass is 10.1. The maximum atomic E-state index is 12.1. The number of nitrogens with one attached hydrogen (secondary N) is 2. The summed E-state index contributed by atoms with van der Waals surface area (Å²) in [5, 5.41) is 6.93. The molecule has 29 heavy (non-hydrogen) atoms. The topological polar surface area (TPSA) is 71.1 Å². The number of aromatic nitrogens is 1. The van der Waals surface area contributed by atoms with E-state index in [-0.39, 0.29) is 0 Å². The predicted octanol–water partition coefficient (Wildman–Crippen LogP) is 4.69. The number of thiazole rings is 1. The maximum absolute atomic E-state index is 12.1. The largest absolute Gasteiger partial charge is 0.347 e. The normalized spacial score (nSPS) is 10.6. The number of carbonyl (C=O) groups excluding carboxylic acids is 2. The lowest BCUT2D eigenvalue weighted by Crippen LogP contribution is -2.36. The second kappa shape index (κ2) is 9.20. The molecule has 1 aromatic heterocycles. The molecule has 0 radical (unpaired) electrons. The van der Waals surface area contributed by atoms with E-state index in [1.54, 1.807) is 17.4 Å². The first-order chi connectivity index (χ1) is 13.8. The molecular weight excluding hydrogens is 406 g/mol. The van der Waals surface area contributed by atoms with Crippen LogP contribution in [0.4, 0.5) is 5.69 Å². The number of benzene rings is 2. The van der Waals surface area contributed by atoms with Gasteiger partial charge in [-0.2, -0.15) is 0 Å². The van der Waals surface area contributed by atoms with Crippen LogP contribution in [-0.2, 0) is 16.0 Å². The number of hydrogen-bond donors (Lipinski definition) is 2. The van der Waals surface area contributed by atoms with E-state index in [0.29, 0.717) is 23.7 Å². The molecule has 0 aliphatic carbocycles. The minimum Gasteiger partial charge on any atom is -0.347 e. The Balaban J connectivity index is 1.54. The van der Waals surface area contributed by atoms with Crippen LogP contribution in [0.5, 0.6) is 0 Å². The summed E-state index contributed by atoms with van der Waals surface area (Å²) in [5.74, 6) is -1.31. The zero-order valence-electron chi connectivity index (χ0n) is 16.5. The molecule has 1 heterocycles. The lowest BCUT2D eigenvalue weighted by molar-refractivity contribution is -0.136. The summed E-state index contributed by atoms with van der Waals surface area (Å²) in [7, 11) is 0. The van der Waals surface area contributed by atoms with Crippen molar-refractivity contribution in [2.75, 3.05) is 11.9 Å². The monoisotopic (exact) mass is 427 g/mol. The van der Waals surface area contributed by atoms with Gasteiger partial charge in [0.05, 0.1) is 5.69 Å². The van der Waals surface area contributed by atoms with Crippen LogP contribution in [0.3, 0.4) is 0 Å². The molecule has 0 aliphatic rings. The van der Waals surface area contributed by atoms with Gasteiger partial charge in [-0.05, 0) is 44.5 Å². The molecule has 3 rings (SSSR count). The van der Waals surface area contributed by atoms with E-state index in [1.165, 1.54) is 0 Å². The second-order valence-electron chi connectivity index (χ2n) is 6.81. The molecule has 0 unspecified atom stereocenters. The Hall–Kier alpha value is -2.70. The van der Waals surface area contributed by atoms with Gasteiger partial charge in [0.25, 0.3) is 0 Å². The van der Waals surface area contributed by atoms with E-state index in [0.717, 1.165) is 32.3 Å². The predicted molar refractivity (Wildman–Crippen MR) is 119 cm³/mol. The fourth-order valence-corrected chi connectivity index (χ4v) is 4.07. The van der Waals surface area contributed by atoms with Gasteiger partial charge in [0.2, 0.25) is 0 Å². The van der Waals surface area contributed by atoms with E-state index in [1.807, 2.05) is 57.2 Å². The highest BCUT2D eigenvalue weighted by atomic mass is 35.5. The Morgan fingerprint density at radius 3 is 2.45 bits per heavy atom. The summed E-state index contributed by atoms with van der Waals surface area (Å²) in [5.41, 5.74) is 4.59. The molecule has 5 nitrogen and oxygen atoms in total. The Kier molecular flexibility index (Phi) is 6.67. The number of halogens is 1. The molecule has 2 aromatic carbocycles. The van der Waals surface area contributed by atoms with Crippen LogP contribution in [0, 0.1) is 20.8 Å². The van der Waals surface area contributed by atoms with Crippen molar-refractivity contribution in [1.82, 2.24) is 10.3 Å². The molecule has 0 aliphatic heterocycles. The van der Waals surface area contributed by atoms with Gasteiger partial charge in [-0.25, -0.2) is 4.98 Å². The molecule has 150 valence electrons. The standard InChI is InChI=1S/C22H22ClN3O2S/c1-13-4-9-18(14(2)12-13)26-21(28)20(27)24-11-10-19-15(3)25-22(29-19)16-5-7-17(23)8-6-16/h4-9,12H,10-11H2,1-3H3,(H,24,27)(H,26,28). The molecule has 7 heteroatoms. The van der Waals surface area contributed by atoms with E-state index in [9.17, 15) is 9.59 Å². The molecule has 0 saturated carbocycles. The number of amides is 2. The van der Waals surface area contributed by atoms with Gasteiger partial charge in [0, 0.05) is 34.1 Å². The summed E-state index contributed by atoms with van der Waals surface area (Å²) < 4.78 is 0. The van der Waals surface area contributed by atoms with Crippen LogP contribution in [0.2, 0.25) is 5.02 Å². The van der Waals surface area contributed by atoms with Crippen molar-refractivity contribution < 1.29 is 9.59 Å². The van der Waals surface area contributed by atoms with Gasteiger partial charge in [-0.15, -0.1) is 11.3 Å². The van der Waals surface area contributed by atoms with E-state index in [2.05, 4.69) is 15.6 Å². The molecule has 2 N–H and O–H groups in total. The molecule has 0 atom stereocenters. The number of aryl methyl sites for hydroxylation is 3. The van der Waals surface area contributed by atoms with Gasteiger partial charge in [0.15, 0.2) is 0 Å². The summed E-state index contributed by atoms with van der Waals surface area (Å²) in [4.78, 5) is 29.9. The number of rotatable bonds is 5. The van der Waals surface area contributed by atoms with Crippen LogP contribution in [0.15, 0.2) is 42.5 Å². The van der Waals surface area contributed by atoms with Crippen LogP contribution in [-0.4, -0.2) is 23.3 Å². The van der Waals surface area contributed by atoms with Gasteiger partial charge < -0.3 is 10.6 Å². The highest BCUT2D eigenvalue weighted by Crippen LogP contribution is 2.29. The van der Waals surface area contributed by atoms with E-state index >= 15 is 0 Å². The molecule has 3 aromatic rings. The molecule has 0 spiro atoms. The number of carbonyl (C=O) groups is 2. The average Bonchev–Trinajstić information content (AvgIpc) is 3.05. The quantitative estimate of drug-likeness (QED) is 0.580. The fourth-order valence-electron chi connectivity index (χ4n) is 2.88. The fraction of sp³-hybridized carbons (Fsp3) is 0.227. The zero-order chi connectivity index (χ0) is 21.0. The summed E-state index contributed by atoms with van der Waals surface area (Å²) in [6, 6.07) is 13.2. The zero-order valence-corrected chi connectivity index (χ0v) is 18.1. The van der Waals surface area contributed by atoms with Crippen LogP contribution in [0.1, 0.15) is 21.7 Å². The molecule has 0 fully saturated rings. The lowest BCUT2D eigenvalue weighted by Gasteiger charge is -2.09. The molecule has 0 saturated heterocycles. The van der Waals surface area contributed by atoms with Gasteiger partial charge in [-0.1, -0.05) is 41.4 Å². The van der Waals surface area contributed by atoms with Gasteiger partial charge >= 0.3 is 11.8 Å². The number of nitrogens with zero attached hydrogens (tertiary/aromatic N) is 1.